The van der Waals surface area contributed by atoms with Crippen LogP contribution in [0.1, 0.15) is 38.4 Å². The van der Waals surface area contributed by atoms with E-state index in [9.17, 15) is 0 Å². The molecule has 0 amide bonds. The van der Waals surface area contributed by atoms with E-state index >= 15 is 0 Å². The minimum atomic E-state index is 0.0308. The summed E-state index contributed by atoms with van der Waals surface area (Å²) >= 11 is 1.90. The van der Waals surface area contributed by atoms with Gasteiger partial charge in [0.1, 0.15) is 0 Å². The smallest absolute Gasteiger partial charge is 0.242 e. The summed E-state index contributed by atoms with van der Waals surface area (Å²) in [4.78, 5) is 4.43. The normalized spacial score (nSPS) is 28.2. The van der Waals surface area contributed by atoms with Crippen LogP contribution in [0.2, 0.25) is 0 Å². The Bertz CT molecular complexity index is 331. The topological polar surface area (TPSA) is 64.9 Å². The van der Waals surface area contributed by atoms with Crippen molar-refractivity contribution in [2.24, 2.45) is 5.73 Å². The van der Waals surface area contributed by atoms with Crippen molar-refractivity contribution in [2.45, 2.75) is 43.9 Å². The molecule has 1 saturated heterocycles. The first-order valence-electron chi connectivity index (χ1n) is 5.33. The molecular formula is C10H17N3OS. The standard InChI is InChI=1S/C10H17N3OS/c1-7(11)6-8-12-9(14-13-8)10(2)4-3-5-15-10/h7H,3-6,11H2,1-2H3. The van der Waals surface area contributed by atoms with Crippen LogP contribution in [-0.2, 0) is 11.2 Å². The molecule has 1 aliphatic rings. The van der Waals surface area contributed by atoms with Crippen molar-refractivity contribution in [3.63, 3.8) is 0 Å². The number of hydrogen-bond acceptors (Lipinski definition) is 5. The minimum absolute atomic E-state index is 0.0308. The summed E-state index contributed by atoms with van der Waals surface area (Å²) < 4.78 is 5.35. The Labute approximate surface area is 94.0 Å². The van der Waals surface area contributed by atoms with Crippen molar-refractivity contribution >= 4 is 11.8 Å². The van der Waals surface area contributed by atoms with Gasteiger partial charge in [0.15, 0.2) is 5.82 Å². The molecule has 0 bridgehead atoms. The zero-order chi connectivity index (χ0) is 10.9. The van der Waals surface area contributed by atoms with Gasteiger partial charge in [-0.3, -0.25) is 0 Å². The predicted octanol–water partition coefficient (Wildman–Crippen LogP) is 1.70. The van der Waals surface area contributed by atoms with E-state index in [2.05, 4.69) is 17.1 Å². The summed E-state index contributed by atoms with van der Waals surface area (Å²) in [5.74, 6) is 2.68. The maximum absolute atomic E-state index is 5.69. The Morgan fingerprint density at radius 3 is 3.07 bits per heavy atom. The van der Waals surface area contributed by atoms with Gasteiger partial charge in [0.25, 0.3) is 0 Å². The molecule has 4 nitrogen and oxygen atoms in total. The Balaban J connectivity index is 2.12. The van der Waals surface area contributed by atoms with Crippen LogP contribution in [0.4, 0.5) is 0 Å². The zero-order valence-electron chi connectivity index (χ0n) is 9.19. The number of aromatic nitrogens is 2. The first-order valence-corrected chi connectivity index (χ1v) is 6.31. The molecule has 15 heavy (non-hydrogen) atoms. The molecule has 1 fully saturated rings. The van der Waals surface area contributed by atoms with Crippen LogP contribution in [0.25, 0.3) is 0 Å². The van der Waals surface area contributed by atoms with Crippen LogP contribution in [-0.4, -0.2) is 21.9 Å². The van der Waals surface area contributed by atoms with Gasteiger partial charge in [-0.05, 0) is 32.4 Å². The zero-order valence-corrected chi connectivity index (χ0v) is 10.0. The number of rotatable bonds is 3. The van der Waals surface area contributed by atoms with Crippen molar-refractivity contribution < 1.29 is 4.52 Å². The van der Waals surface area contributed by atoms with Gasteiger partial charge in [-0.1, -0.05) is 5.16 Å². The Morgan fingerprint density at radius 2 is 2.47 bits per heavy atom. The lowest BCUT2D eigenvalue weighted by Crippen LogP contribution is -2.19. The third kappa shape index (κ3) is 2.34. The van der Waals surface area contributed by atoms with Gasteiger partial charge in [0, 0.05) is 12.5 Å². The van der Waals surface area contributed by atoms with Gasteiger partial charge in [-0.2, -0.15) is 4.98 Å². The van der Waals surface area contributed by atoms with Gasteiger partial charge >= 0.3 is 0 Å². The van der Waals surface area contributed by atoms with Crippen molar-refractivity contribution in [3.8, 4) is 0 Å². The average Bonchev–Trinajstić information content (AvgIpc) is 2.74. The van der Waals surface area contributed by atoms with E-state index in [1.807, 2.05) is 18.7 Å². The number of nitrogens with zero attached hydrogens (tertiary/aromatic N) is 2. The van der Waals surface area contributed by atoms with Gasteiger partial charge in [0.2, 0.25) is 5.89 Å². The van der Waals surface area contributed by atoms with Gasteiger partial charge < -0.3 is 10.3 Å². The molecule has 0 spiro atoms. The number of nitrogens with two attached hydrogens (primary N) is 1. The third-order valence-electron chi connectivity index (χ3n) is 2.64. The minimum Gasteiger partial charge on any atom is -0.338 e. The molecule has 0 aliphatic carbocycles. The Hall–Kier alpha value is -0.550. The van der Waals surface area contributed by atoms with Crippen molar-refractivity contribution in [1.29, 1.82) is 0 Å². The average molecular weight is 227 g/mol. The summed E-state index contributed by atoms with van der Waals surface area (Å²) in [6.07, 6.45) is 3.04. The maximum atomic E-state index is 5.69. The van der Waals surface area contributed by atoms with E-state index in [4.69, 9.17) is 10.3 Å². The molecule has 84 valence electrons. The summed E-state index contributed by atoms with van der Waals surface area (Å²) in [5, 5.41) is 3.97. The van der Waals surface area contributed by atoms with Gasteiger partial charge in [-0.25, -0.2) is 0 Å². The highest BCUT2D eigenvalue weighted by Gasteiger charge is 2.36. The van der Waals surface area contributed by atoms with E-state index in [1.54, 1.807) is 0 Å². The highest BCUT2D eigenvalue weighted by molar-refractivity contribution is 8.00. The lowest BCUT2D eigenvalue weighted by molar-refractivity contribution is 0.339. The van der Waals surface area contributed by atoms with Crippen LogP contribution in [0.15, 0.2) is 4.52 Å². The highest BCUT2D eigenvalue weighted by Crippen LogP contribution is 2.45. The van der Waals surface area contributed by atoms with Crippen molar-refractivity contribution in [1.82, 2.24) is 10.1 Å². The molecule has 0 radical (unpaired) electrons. The molecular weight excluding hydrogens is 210 g/mol. The second-order valence-electron chi connectivity index (χ2n) is 4.38. The van der Waals surface area contributed by atoms with Crippen LogP contribution in [0, 0.1) is 0 Å². The number of hydrogen-bond donors (Lipinski definition) is 1. The SMILES string of the molecule is CC(N)Cc1noc(C2(C)CCCS2)n1. The molecule has 2 N–H and O–H groups in total. The Kier molecular flexibility index (Phi) is 3.02. The first-order chi connectivity index (χ1) is 7.10. The largest absolute Gasteiger partial charge is 0.338 e. The fourth-order valence-corrected chi connectivity index (χ4v) is 3.02. The monoisotopic (exact) mass is 227 g/mol. The van der Waals surface area contributed by atoms with E-state index in [0.717, 1.165) is 18.1 Å². The summed E-state index contributed by atoms with van der Waals surface area (Å²) in [6.45, 7) is 4.12. The van der Waals surface area contributed by atoms with Crippen molar-refractivity contribution in [2.75, 3.05) is 5.75 Å². The lowest BCUT2D eigenvalue weighted by atomic mass is 10.1. The molecule has 0 saturated carbocycles. The van der Waals surface area contributed by atoms with Crippen LogP contribution >= 0.6 is 11.8 Å². The van der Waals surface area contributed by atoms with Crippen molar-refractivity contribution in [3.05, 3.63) is 11.7 Å². The lowest BCUT2D eigenvalue weighted by Gasteiger charge is -2.16. The third-order valence-corrected chi connectivity index (χ3v) is 4.15. The van der Waals surface area contributed by atoms with Gasteiger partial charge in [0.05, 0.1) is 4.75 Å². The van der Waals surface area contributed by atoms with E-state index in [1.165, 1.54) is 12.2 Å². The van der Waals surface area contributed by atoms with Crippen LogP contribution in [0.3, 0.4) is 0 Å². The van der Waals surface area contributed by atoms with Gasteiger partial charge in [-0.15, -0.1) is 11.8 Å². The van der Waals surface area contributed by atoms with E-state index in [-0.39, 0.29) is 10.8 Å². The van der Waals surface area contributed by atoms with E-state index < -0.39 is 0 Å². The summed E-state index contributed by atoms with van der Waals surface area (Å²) in [6, 6.07) is 0.0829. The maximum Gasteiger partial charge on any atom is 0.242 e. The molecule has 5 heteroatoms. The molecule has 2 atom stereocenters. The summed E-state index contributed by atoms with van der Waals surface area (Å²) in [7, 11) is 0. The fraction of sp³-hybridized carbons (Fsp3) is 0.800. The van der Waals surface area contributed by atoms with Crippen LogP contribution in [0.5, 0.6) is 0 Å². The van der Waals surface area contributed by atoms with Crippen LogP contribution < -0.4 is 5.73 Å². The quantitative estimate of drug-likeness (QED) is 0.851. The second-order valence-corrected chi connectivity index (χ2v) is 5.98. The fourth-order valence-electron chi connectivity index (χ4n) is 1.79. The summed E-state index contributed by atoms with van der Waals surface area (Å²) in [5.41, 5.74) is 5.69. The predicted molar refractivity (Wildman–Crippen MR) is 60.7 cm³/mol. The molecule has 0 aromatic carbocycles. The number of thioether (sulfide) groups is 1. The molecule has 1 aliphatic heterocycles. The molecule has 2 rings (SSSR count). The highest BCUT2D eigenvalue weighted by atomic mass is 32.2. The first kappa shape index (κ1) is 11.0. The Morgan fingerprint density at radius 1 is 1.67 bits per heavy atom. The molecule has 1 aromatic rings. The molecule has 1 aromatic heterocycles. The van der Waals surface area contributed by atoms with E-state index in [0.29, 0.717) is 6.42 Å². The second kappa shape index (κ2) is 4.14. The molecule has 2 unspecified atom stereocenters. The molecule has 2 heterocycles.